The molecule has 0 unspecified atom stereocenters. The molecule has 0 atom stereocenters. The number of benzene rings is 2. The van der Waals surface area contributed by atoms with Gasteiger partial charge in [0.25, 0.3) is 5.91 Å². The quantitative estimate of drug-likeness (QED) is 0.663. The van der Waals surface area contributed by atoms with Gasteiger partial charge in [-0.25, -0.2) is 4.99 Å². The van der Waals surface area contributed by atoms with Crippen LogP contribution in [-0.4, -0.2) is 11.1 Å². The van der Waals surface area contributed by atoms with E-state index in [1.807, 2.05) is 54.6 Å². The van der Waals surface area contributed by atoms with E-state index in [1.165, 1.54) is 11.8 Å². The molecule has 2 aromatic carbocycles. The van der Waals surface area contributed by atoms with E-state index in [1.54, 1.807) is 0 Å². The molecule has 6 heteroatoms. The molecule has 2 aromatic rings. The number of nitrogens with one attached hydrogen (secondary N) is 1. The lowest BCUT2D eigenvalue weighted by molar-refractivity contribution is -0.115. The van der Waals surface area contributed by atoms with E-state index in [-0.39, 0.29) is 5.91 Å². The highest BCUT2D eigenvalue weighted by molar-refractivity contribution is 9.10. The summed E-state index contributed by atoms with van der Waals surface area (Å²) in [6.45, 7) is 0. The molecule has 22 heavy (non-hydrogen) atoms. The van der Waals surface area contributed by atoms with Crippen LogP contribution in [0.5, 0.6) is 0 Å². The Kier molecular flexibility index (Phi) is 4.81. The summed E-state index contributed by atoms with van der Waals surface area (Å²) in [7, 11) is 0. The smallest absolute Gasteiger partial charge is 0.264 e. The number of amidine groups is 1. The topological polar surface area (TPSA) is 41.5 Å². The number of aliphatic imine (C=N–C) groups is 1. The van der Waals surface area contributed by atoms with Crippen LogP contribution in [0.3, 0.4) is 0 Å². The minimum Gasteiger partial charge on any atom is -0.300 e. The number of amides is 1. The molecule has 0 aromatic heterocycles. The Labute approximate surface area is 149 Å². The molecule has 110 valence electrons. The number of hydrogen-bond donors (Lipinski definition) is 1. The molecular weight excluding hydrogens is 428 g/mol. The first-order valence-corrected chi connectivity index (χ1v) is 8.81. The first-order chi connectivity index (χ1) is 10.6. The van der Waals surface area contributed by atoms with Gasteiger partial charge in [0, 0.05) is 8.95 Å². The van der Waals surface area contributed by atoms with Crippen LogP contribution in [-0.2, 0) is 4.79 Å². The Balaban J connectivity index is 1.82. The Morgan fingerprint density at radius 3 is 2.55 bits per heavy atom. The lowest BCUT2D eigenvalue weighted by atomic mass is 10.2. The molecular formula is C16H10Br2N2OS. The summed E-state index contributed by atoms with van der Waals surface area (Å²) in [5.41, 5.74) is 1.77. The van der Waals surface area contributed by atoms with Crippen LogP contribution >= 0.6 is 43.6 Å². The maximum atomic E-state index is 12.0. The van der Waals surface area contributed by atoms with Crippen molar-refractivity contribution < 1.29 is 4.79 Å². The van der Waals surface area contributed by atoms with Crippen molar-refractivity contribution >= 4 is 66.5 Å². The highest BCUT2D eigenvalue weighted by Crippen LogP contribution is 2.29. The molecule has 1 amide bonds. The summed E-state index contributed by atoms with van der Waals surface area (Å²) >= 11 is 8.14. The van der Waals surface area contributed by atoms with Crippen LogP contribution in [0.4, 0.5) is 5.69 Å². The fourth-order valence-corrected chi connectivity index (χ4v) is 3.35. The lowest BCUT2D eigenvalue weighted by Gasteiger charge is -1.97. The summed E-state index contributed by atoms with van der Waals surface area (Å²) in [6.07, 6.45) is 1.86. The van der Waals surface area contributed by atoms with Gasteiger partial charge in [-0.1, -0.05) is 50.1 Å². The summed E-state index contributed by atoms with van der Waals surface area (Å²) in [6, 6.07) is 15.4. The van der Waals surface area contributed by atoms with Crippen LogP contribution in [0.15, 0.2) is 67.4 Å². The third kappa shape index (κ3) is 3.88. The minimum absolute atomic E-state index is 0.123. The highest BCUT2D eigenvalue weighted by Gasteiger charge is 2.23. The Morgan fingerprint density at radius 2 is 1.82 bits per heavy atom. The standard InChI is InChI=1S/C16H10Br2N2OS/c17-11-6-4-10(5-7-11)8-14-15(21)20-16(22-14)19-13-3-1-2-12(18)9-13/h1-9H,(H,19,20,21)/b14-8-. The Bertz CT molecular complexity index is 785. The second kappa shape index (κ2) is 6.81. The summed E-state index contributed by atoms with van der Waals surface area (Å²) < 4.78 is 1.96. The normalized spacial score (nSPS) is 18.0. The van der Waals surface area contributed by atoms with Crippen LogP contribution in [0.25, 0.3) is 6.08 Å². The van der Waals surface area contributed by atoms with E-state index < -0.39 is 0 Å². The maximum absolute atomic E-state index is 12.0. The molecule has 1 heterocycles. The van der Waals surface area contributed by atoms with Crippen LogP contribution in [0, 0.1) is 0 Å². The van der Waals surface area contributed by atoms with Gasteiger partial charge in [-0.3, -0.25) is 4.79 Å². The molecule has 3 nitrogen and oxygen atoms in total. The number of rotatable bonds is 2. The molecule has 0 bridgehead atoms. The molecule has 0 spiro atoms. The maximum Gasteiger partial charge on any atom is 0.264 e. The van der Waals surface area contributed by atoms with Gasteiger partial charge in [0.05, 0.1) is 10.6 Å². The average Bonchev–Trinajstić information content (AvgIpc) is 2.81. The largest absolute Gasteiger partial charge is 0.300 e. The molecule has 0 aliphatic carbocycles. The number of carbonyl (C=O) groups excluding carboxylic acids is 1. The monoisotopic (exact) mass is 436 g/mol. The highest BCUT2D eigenvalue weighted by atomic mass is 79.9. The fourth-order valence-electron chi connectivity index (χ4n) is 1.85. The van der Waals surface area contributed by atoms with Crippen molar-refractivity contribution in [1.29, 1.82) is 0 Å². The van der Waals surface area contributed by atoms with Crippen LogP contribution in [0.1, 0.15) is 5.56 Å². The number of thioether (sulfide) groups is 1. The second-order valence-electron chi connectivity index (χ2n) is 4.51. The first kappa shape index (κ1) is 15.5. The average molecular weight is 438 g/mol. The second-order valence-corrected chi connectivity index (χ2v) is 7.38. The zero-order valence-electron chi connectivity index (χ0n) is 11.2. The number of nitrogens with zero attached hydrogens (tertiary/aromatic N) is 1. The van der Waals surface area contributed by atoms with Crippen molar-refractivity contribution in [3.05, 3.63) is 67.9 Å². The van der Waals surface area contributed by atoms with Crippen LogP contribution < -0.4 is 5.32 Å². The first-order valence-electron chi connectivity index (χ1n) is 6.41. The number of hydrogen-bond acceptors (Lipinski definition) is 3. The SMILES string of the molecule is O=C1NC(=Nc2cccc(Br)c2)S/C1=C\c1ccc(Br)cc1. The summed E-state index contributed by atoms with van der Waals surface area (Å²) in [4.78, 5) is 17.1. The molecule has 1 saturated heterocycles. The summed E-state index contributed by atoms with van der Waals surface area (Å²) in [5.74, 6) is -0.123. The lowest BCUT2D eigenvalue weighted by Crippen LogP contribution is -2.19. The van der Waals surface area contributed by atoms with Gasteiger partial charge in [0.15, 0.2) is 5.17 Å². The van der Waals surface area contributed by atoms with Crippen molar-refractivity contribution in [3.63, 3.8) is 0 Å². The van der Waals surface area contributed by atoms with E-state index in [2.05, 4.69) is 42.2 Å². The van der Waals surface area contributed by atoms with Gasteiger partial charge in [0.2, 0.25) is 0 Å². The molecule has 1 N–H and O–H groups in total. The van der Waals surface area contributed by atoms with Gasteiger partial charge >= 0.3 is 0 Å². The molecule has 3 rings (SSSR count). The molecule has 1 aliphatic heterocycles. The summed E-state index contributed by atoms with van der Waals surface area (Å²) in [5, 5.41) is 3.37. The predicted molar refractivity (Wildman–Crippen MR) is 99.1 cm³/mol. The molecule has 1 fully saturated rings. The van der Waals surface area contributed by atoms with Crippen molar-refractivity contribution in [2.75, 3.05) is 0 Å². The Hall–Kier alpha value is -1.37. The van der Waals surface area contributed by atoms with Crippen molar-refractivity contribution in [2.24, 2.45) is 4.99 Å². The van der Waals surface area contributed by atoms with Crippen molar-refractivity contribution in [1.82, 2.24) is 5.32 Å². The van der Waals surface area contributed by atoms with E-state index in [0.717, 1.165) is 20.2 Å². The van der Waals surface area contributed by atoms with Gasteiger partial charge in [-0.2, -0.15) is 0 Å². The minimum atomic E-state index is -0.123. The zero-order chi connectivity index (χ0) is 15.5. The third-order valence-electron chi connectivity index (χ3n) is 2.86. The van der Waals surface area contributed by atoms with E-state index >= 15 is 0 Å². The fraction of sp³-hybridized carbons (Fsp3) is 0. The van der Waals surface area contributed by atoms with E-state index in [9.17, 15) is 4.79 Å². The number of halogens is 2. The number of carbonyl (C=O) groups is 1. The molecule has 0 radical (unpaired) electrons. The van der Waals surface area contributed by atoms with Crippen molar-refractivity contribution in [3.8, 4) is 0 Å². The van der Waals surface area contributed by atoms with Gasteiger partial charge in [-0.15, -0.1) is 0 Å². The van der Waals surface area contributed by atoms with Gasteiger partial charge < -0.3 is 5.32 Å². The molecule has 0 saturated carbocycles. The van der Waals surface area contributed by atoms with Gasteiger partial charge in [-0.05, 0) is 53.7 Å². The van der Waals surface area contributed by atoms with Crippen LogP contribution in [0.2, 0.25) is 0 Å². The van der Waals surface area contributed by atoms with Gasteiger partial charge in [0.1, 0.15) is 0 Å². The van der Waals surface area contributed by atoms with Crippen molar-refractivity contribution in [2.45, 2.75) is 0 Å². The predicted octanol–water partition coefficient (Wildman–Crippen LogP) is 5.10. The van der Waals surface area contributed by atoms with E-state index in [0.29, 0.717) is 10.1 Å². The zero-order valence-corrected chi connectivity index (χ0v) is 15.2. The molecule has 1 aliphatic rings. The van der Waals surface area contributed by atoms with E-state index in [4.69, 9.17) is 0 Å². The third-order valence-corrected chi connectivity index (χ3v) is 4.79. The Morgan fingerprint density at radius 1 is 1.05 bits per heavy atom.